The average molecular weight is 217 g/mol. The van der Waals surface area contributed by atoms with Crippen LogP contribution in [-0.2, 0) is 11.2 Å². The van der Waals surface area contributed by atoms with E-state index in [0.717, 1.165) is 24.9 Å². The molecule has 0 spiro atoms. The minimum Gasteiger partial charge on any atom is -0.478 e. The third-order valence-corrected chi connectivity index (χ3v) is 2.87. The second kappa shape index (κ2) is 4.39. The third-order valence-electron chi connectivity index (χ3n) is 2.87. The lowest BCUT2D eigenvalue weighted by molar-refractivity contribution is -0.131. The van der Waals surface area contributed by atoms with Crippen molar-refractivity contribution in [1.29, 1.82) is 0 Å². The third kappa shape index (κ3) is 2.24. The Kier molecular flexibility index (Phi) is 2.95. The molecule has 1 aromatic carbocycles. The van der Waals surface area contributed by atoms with Crippen molar-refractivity contribution in [2.24, 2.45) is 0 Å². The van der Waals surface area contributed by atoms with Crippen molar-refractivity contribution in [3.05, 3.63) is 35.4 Å². The SMILES string of the molecule is CN1CCCc2cc(C=CC(=O)O)ccc21. The van der Waals surface area contributed by atoms with Crippen LogP contribution in [0.4, 0.5) is 5.69 Å². The number of anilines is 1. The predicted molar refractivity (Wildman–Crippen MR) is 64.7 cm³/mol. The number of fused-ring (bicyclic) bond motifs is 1. The van der Waals surface area contributed by atoms with Gasteiger partial charge in [0.2, 0.25) is 0 Å². The molecule has 1 N–H and O–H groups in total. The maximum absolute atomic E-state index is 10.4. The van der Waals surface area contributed by atoms with Gasteiger partial charge in [0.15, 0.2) is 0 Å². The van der Waals surface area contributed by atoms with Crippen molar-refractivity contribution in [2.75, 3.05) is 18.5 Å². The summed E-state index contributed by atoms with van der Waals surface area (Å²) >= 11 is 0. The number of carbonyl (C=O) groups is 1. The summed E-state index contributed by atoms with van der Waals surface area (Å²) in [6.45, 7) is 1.09. The van der Waals surface area contributed by atoms with Gasteiger partial charge in [0.1, 0.15) is 0 Å². The summed E-state index contributed by atoms with van der Waals surface area (Å²) in [6.07, 6.45) is 5.05. The standard InChI is InChI=1S/C13H15NO2/c1-14-8-2-3-11-9-10(4-6-12(11)14)5-7-13(15)16/h4-7,9H,2-3,8H2,1H3,(H,15,16). The molecule has 84 valence electrons. The van der Waals surface area contributed by atoms with Crippen LogP contribution in [0.1, 0.15) is 17.5 Å². The lowest BCUT2D eigenvalue weighted by Gasteiger charge is -2.27. The van der Waals surface area contributed by atoms with E-state index in [1.807, 2.05) is 6.07 Å². The highest BCUT2D eigenvalue weighted by molar-refractivity contribution is 5.85. The first-order chi connectivity index (χ1) is 7.66. The van der Waals surface area contributed by atoms with Gasteiger partial charge in [0, 0.05) is 25.4 Å². The number of hydrogen-bond acceptors (Lipinski definition) is 2. The maximum Gasteiger partial charge on any atom is 0.328 e. The number of nitrogens with zero attached hydrogens (tertiary/aromatic N) is 1. The van der Waals surface area contributed by atoms with E-state index in [-0.39, 0.29) is 0 Å². The fraction of sp³-hybridized carbons (Fsp3) is 0.308. The van der Waals surface area contributed by atoms with Gasteiger partial charge in [-0.1, -0.05) is 6.07 Å². The van der Waals surface area contributed by atoms with Gasteiger partial charge < -0.3 is 10.0 Å². The largest absolute Gasteiger partial charge is 0.478 e. The number of benzene rings is 1. The Morgan fingerprint density at radius 1 is 1.50 bits per heavy atom. The van der Waals surface area contributed by atoms with Crippen molar-refractivity contribution in [3.63, 3.8) is 0 Å². The summed E-state index contributed by atoms with van der Waals surface area (Å²) in [5.41, 5.74) is 3.52. The van der Waals surface area contributed by atoms with E-state index in [4.69, 9.17) is 5.11 Å². The number of hydrogen-bond donors (Lipinski definition) is 1. The second-order valence-electron chi connectivity index (χ2n) is 4.08. The van der Waals surface area contributed by atoms with Crippen LogP contribution in [0.15, 0.2) is 24.3 Å². The molecule has 2 rings (SSSR count). The van der Waals surface area contributed by atoms with Crippen molar-refractivity contribution in [2.45, 2.75) is 12.8 Å². The molecule has 0 atom stereocenters. The van der Waals surface area contributed by atoms with Crippen molar-refractivity contribution in [1.82, 2.24) is 0 Å². The Labute approximate surface area is 95.0 Å². The van der Waals surface area contributed by atoms with E-state index in [2.05, 4.69) is 24.1 Å². The first-order valence-corrected chi connectivity index (χ1v) is 5.42. The van der Waals surface area contributed by atoms with Crippen LogP contribution >= 0.6 is 0 Å². The van der Waals surface area contributed by atoms with Crippen LogP contribution in [0.5, 0.6) is 0 Å². The van der Waals surface area contributed by atoms with Gasteiger partial charge in [0.25, 0.3) is 0 Å². The molecule has 3 nitrogen and oxygen atoms in total. The van der Waals surface area contributed by atoms with Gasteiger partial charge >= 0.3 is 5.97 Å². The molecule has 0 unspecified atom stereocenters. The van der Waals surface area contributed by atoms with Crippen LogP contribution in [0.3, 0.4) is 0 Å². The monoisotopic (exact) mass is 217 g/mol. The molecule has 1 aliphatic rings. The van der Waals surface area contributed by atoms with Crippen LogP contribution in [0, 0.1) is 0 Å². The number of aliphatic carboxylic acids is 1. The molecule has 1 aromatic rings. The van der Waals surface area contributed by atoms with Gasteiger partial charge in [-0.05, 0) is 42.2 Å². The van der Waals surface area contributed by atoms with Gasteiger partial charge in [-0.3, -0.25) is 0 Å². The predicted octanol–water partition coefficient (Wildman–Crippen LogP) is 2.17. The number of carboxylic acid groups (broad SMARTS) is 1. The Morgan fingerprint density at radius 3 is 3.06 bits per heavy atom. The van der Waals surface area contributed by atoms with Crippen molar-refractivity contribution in [3.8, 4) is 0 Å². The molecule has 0 aliphatic carbocycles. The van der Waals surface area contributed by atoms with Crippen LogP contribution in [0.25, 0.3) is 6.08 Å². The molecule has 16 heavy (non-hydrogen) atoms. The molecule has 0 saturated heterocycles. The second-order valence-corrected chi connectivity index (χ2v) is 4.08. The molecule has 0 bridgehead atoms. The van der Waals surface area contributed by atoms with E-state index in [1.165, 1.54) is 17.3 Å². The first kappa shape index (κ1) is 10.7. The summed E-state index contributed by atoms with van der Waals surface area (Å²) in [5.74, 6) is -0.908. The molecule has 3 heteroatoms. The summed E-state index contributed by atoms with van der Waals surface area (Å²) in [6, 6.07) is 6.10. The fourth-order valence-corrected chi connectivity index (χ4v) is 2.08. The minimum atomic E-state index is -0.908. The molecule has 0 aromatic heterocycles. The van der Waals surface area contributed by atoms with Crippen LogP contribution in [0.2, 0.25) is 0 Å². The van der Waals surface area contributed by atoms with Gasteiger partial charge in [0.05, 0.1) is 0 Å². The van der Waals surface area contributed by atoms with E-state index < -0.39 is 5.97 Å². The average Bonchev–Trinajstić information content (AvgIpc) is 2.26. The molecule has 1 heterocycles. The van der Waals surface area contributed by atoms with E-state index >= 15 is 0 Å². The molecule has 1 aliphatic heterocycles. The zero-order valence-corrected chi connectivity index (χ0v) is 9.31. The number of carboxylic acids is 1. The van der Waals surface area contributed by atoms with E-state index in [9.17, 15) is 4.79 Å². The smallest absolute Gasteiger partial charge is 0.328 e. The van der Waals surface area contributed by atoms with Gasteiger partial charge in [-0.2, -0.15) is 0 Å². The van der Waals surface area contributed by atoms with Gasteiger partial charge in [-0.25, -0.2) is 4.79 Å². The highest BCUT2D eigenvalue weighted by Crippen LogP contribution is 2.27. The zero-order chi connectivity index (χ0) is 11.5. The number of aryl methyl sites for hydroxylation is 1. The highest BCUT2D eigenvalue weighted by Gasteiger charge is 2.12. The van der Waals surface area contributed by atoms with Gasteiger partial charge in [-0.15, -0.1) is 0 Å². The molecule has 0 amide bonds. The fourth-order valence-electron chi connectivity index (χ4n) is 2.08. The Bertz CT molecular complexity index is 438. The summed E-state index contributed by atoms with van der Waals surface area (Å²) < 4.78 is 0. The molecule has 0 fully saturated rings. The normalized spacial score (nSPS) is 15.2. The van der Waals surface area contributed by atoms with Crippen LogP contribution < -0.4 is 4.90 Å². The van der Waals surface area contributed by atoms with E-state index in [0.29, 0.717) is 0 Å². The minimum absolute atomic E-state index is 0.908. The lowest BCUT2D eigenvalue weighted by atomic mass is 9.99. The lowest BCUT2D eigenvalue weighted by Crippen LogP contribution is -2.24. The quantitative estimate of drug-likeness (QED) is 0.772. The maximum atomic E-state index is 10.4. The summed E-state index contributed by atoms with van der Waals surface area (Å²) in [7, 11) is 2.09. The molecular weight excluding hydrogens is 202 g/mol. The molecule has 0 radical (unpaired) electrons. The Balaban J connectivity index is 2.28. The molecular formula is C13H15NO2. The van der Waals surface area contributed by atoms with Crippen molar-refractivity contribution >= 4 is 17.7 Å². The summed E-state index contributed by atoms with van der Waals surface area (Å²) in [4.78, 5) is 12.7. The van der Waals surface area contributed by atoms with E-state index in [1.54, 1.807) is 6.08 Å². The topological polar surface area (TPSA) is 40.5 Å². The summed E-state index contributed by atoms with van der Waals surface area (Å²) in [5, 5.41) is 8.56. The molecule has 0 saturated carbocycles. The van der Waals surface area contributed by atoms with Crippen LogP contribution in [-0.4, -0.2) is 24.7 Å². The first-order valence-electron chi connectivity index (χ1n) is 5.42. The Hall–Kier alpha value is -1.77. The Morgan fingerprint density at radius 2 is 2.31 bits per heavy atom. The zero-order valence-electron chi connectivity index (χ0n) is 9.31. The number of rotatable bonds is 2. The highest BCUT2D eigenvalue weighted by atomic mass is 16.4. The van der Waals surface area contributed by atoms with Crippen molar-refractivity contribution < 1.29 is 9.90 Å².